The molecule has 16 heavy (non-hydrogen) atoms. The molecule has 0 aliphatic heterocycles. The maximum atomic E-state index is 11.7. The molecule has 0 aliphatic rings. The third-order valence-electron chi connectivity index (χ3n) is 2.67. The first-order chi connectivity index (χ1) is 7.61. The van der Waals surface area contributed by atoms with E-state index in [0.29, 0.717) is 0 Å². The number of Topliss-reactive ketones (excluding diaryl/α,β-unsaturated/α-hetero) is 1. The minimum absolute atomic E-state index is 0.153. The third kappa shape index (κ3) is 1.81. The molecule has 1 nitrogen and oxygen atoms in total. The van der Waals surface area contributed by atoms with Gasteiger partial charge in [-0.3, -0.25) is 4.79 Å². The highest BCUT2D eigenvalue weighted by Gasteiger charge is 2.17. The van der Waals surface area contributed by atoms with Gasteiger partial charge in [-0.2, -0.15) is 0 Å². The van der Waals surface area contributed by atoms with Crippen LogP contribution >= 0.6 is 11.3 Å². The topological polar surface area (TPSA) is 17.1 Å². The largest absolute Gasteiger partial charge is 0.294 e. The Morgan fingerprint density at radius 2 is 1.69 bits per heavy atom. The molecule has 0 bridgehead atoms. The standard InChI is InChI=1S/C14H14OS/c1-9(15)13-10(2)16-11(3)14(13)12-7-5-4-6-8-12/h4-8H,1-3H3. The zero-order valence-corrected chi connectivity index (χ0v) is 10.5. The Hall–Kier alpha value is -1.41. The molecule has 0 atom stereocenters. The molecule has 0 N–H and O–H groups in total. The fraction of sp³-hybridized carbons (Fsp3) is 0.214. The zero-order valence-electron chi connectivity index (χ0n) is 9.70. The number of thiophene rings is 1. The van der Waals surface area contributed by atoms with Crippen LogP contribution in [0.5, 0.6) is 0 Å². The van der Waals surface area contributed by atoms with Gasteiger partial charge >= 0.3 is 0 Å². The first kappa shape index (κ1) is 11.1. The summed E-state index contributed by atoms with van der Waals surface area (Å²) in [6, 6.07) is 10.1. The van der Waals surface area contributed by atoms with E-state index in [4.69, 9.17) is 0 Å². The molecule has 0 radical (unpaired) electrons. The number of carbonyl (C=O) groups excluding carboxylic acids is 1. The molecule has 1 heterocycles. The van der Waals surface area contributed by atoms with Gasteiger partial charge in [0.1, 0.15) is 0 Å². The summed E-state index contributed by atoms with van der Waals surface area (Å²) < 4.78 is 0. The maximum Gasteiger partial charge on any atom is 0.161 e. The molecule has 2 rings (SSSR count). The molecular weight excluding hydrogens is 216 g/mol. The first-order valence-corrected chi connectivity index (χ1v) is 6.09. The van der Waals surface area contributed by atoms with Crippen LogP contribution in [0.15, 0.2) is 30.3 Å². The Bertz CT molecular complexity index is 523. The molecule has 1 aromatic carbocycles. The Morgan fingerprint density at radius 3 is 2.25 bits per heavy atom. The van der Waals surface area contributed by atoms with Crippen LogP contribution in [0.3, 0.4) is 0 Å². The van der Waals surface area contributed by atoms with Gasteiger partial charge in [0.05, 0.1) is 0 Å². The monoisotopic (exact) mass is 230 g/mol. The third-order valence-corrected chi connectivity index (χ3v) is 3.70. The summed E-state index contributed by atoms with van der Waals surface area (Å²) in [5, 5.41) is 0. The minimum Gasteiger partial charge on any atom is -0.294 e. The Balaban J connectivity index is 2.69. The summed E-state index contributed by atoms with van der Waals surface area (Å²) in [6.07, 6.45) is 0. The van der Waals surface area contributed by atoms with E-state index in [0.717, 1.165) is 21.6 Å². The Kier molecular flexibility index (Phi) is 2.92. The predicted molar refractivity (Wildman–Crippen MR) is 69.2 cm³/mol. The smallest absolute Gasteiger partial charge is 0.161 e. The fourth-order valence-corrected chi connectivity index (χ4v) is 3.19. The number of rotatable bonds is 2. The second-order valence-corrected chi connectivity index (χ2v) is 5.32. The molecule has 0 spiro atoms. The van der Waals surface area contributed by atoms with E-state index in [1.165, 1.54) is 4.88 Å². The van der Waals surface area contributed by atoms with Gasteiger partial charge in [0.15, 0.2) is 5.78 Å². The van der Waals surface area contributed by atoms with Gasteiger partial charge in [-0.25, -0.2) is 0 Å². The van der Waals surface area contributed by atoms with Crippen LogP contribution < -0.4 is 0 Å². The van der Waals surface area contributed by atoms with Crippen molar-refractivity contribution >= 4 is 17.1 Å². The van der Waals surface area contributed by atoms with Gasteiger partial charge in [-0.1, -0.05) is 30.3 Å². The second kappa shape index (κ2) is 4.22. The molecule has 0 amide bonds. The van der Waals surface area contributed by atoms with Crippen LogP contribution in [0, 0.1) is 13.8 Å². The molecule has 2 heteroatoms. The van der Waals surface area contributed by atoms with Crippen LogP contribution in [0.4, 0.5) is 0 Å². The fourth-order valence-electron chi connectivity index (χ4n) is 2.06. The molecule has 0 fully saturated rings. The zero-order chi connectivity index (χ0) is 11.7. The van der Waals surface area contributed by atoms with Crippen LogP contribution in [0.25, 0.3) is 11.1 Å². The highest BCUT2D eigenvalue weighted by molar-refractivity contribution is 7.12. The van der Waals surface area contributed by atoms with Crippen molar-refractivity contribution in [1.82, 2.24) is 0 Å². The molecular formula is C14H14OS. The average molecular weight is 230 g/mol. The van der Waals surface area contributed by atoms with Crippen molar-refractivity contribution in [1.29, 1.82) is 0 Å². The lowest BCUT2D eigenvalue weighted by atomic mass is 9.98. The number of benzene rings is 1. The molecule has 0 saturated heterocycles. The first-order valence-electron chi connectivity index (χ1n) is 5.27. The van der Waals surface area contributed by atoms with Crippen LogP contribution in [0.2, 0.25) is 0 Å². The van der Waals surface area contributed by atoms with Crippen LogP contribution in [0.1, 0.15) is 27.0 Å². The second-order valence-electron chi connectivity index (χ2n) is 3.89. The lowest BCUT2D eigenvalue weighted by Crippen LogP contribution is -1.95. The van der Waals surface area contributed by atoms with Gasteiger partial charge in [-0.05, 0) is 26.3 Å². The van der Waals surface area contributed by atoms with E-state index in [-0.39, 0.29) is 5.78 Å². The summed E-state index contributed by atoms with van der Waals surface area (Å²) in [5.41, 5.74) is 3.12. The van der Waals surface area contributed by atoms with Crippen molar-refractivity contribution in [2.75, 3.05) is 0 Å². The van der Waals surface area contributed by atoms with E-state index >= 15 is 0 Å². The van der Waals surface area contributed by atoms with Crippen molar-refractivity contribution in [3.8, 4) is 11.1 Å². The molecule has 82 valence electrons. The van der Waals surface area contributed by atoms with E-state index in [1.807, 2.05) is 25.1 Å². The van der Waals surface area contributed by atoms with Gasteiger partial charge in [0.2, 0.25) is 0 Å². The van der Waals surface area contributed by atoms with Crippen LogP contribution in [-0.2, 0) is 0 Å². The number of carbonyl (C=O) groups is 1. The highest BCUT2D eigenvalue weighted by atomic mass is 32.1. The van der Waals surface area contributed by atoms with Gasteiger partial charge in [0, 0.05) is 20.9 Å². The molecule has 0 saturated carbocycles. The maximum absolute atomic E-state index is 11.7. The SMILES string of the molecule is CC(=O)c1c(C)sc(C)c1-c1ccccc1. The van der Waals surface area contributed by atoms with Crippen molar-refractivity contribution in [2.24, 2.45) is 0 Å². The van der Waals surface area contributed by atoms with E-state index in [9.17, 15) is 4.79 Å². The summed E-state index contributed by atoms with van der Waals surface area (Å²) in [6.45, 7) is 5.73. The summed E-state index contributed by atoms with van der Waals surface area (Å²) >= 11 is 1.70. The van der Waals surface area contributed by atoms with E-state index in [1.54, 1.807) is 18.3 Å². The Morgan fingerprint density at radius 1 is 1.06 bits per heavy atom. The van der Waals surface area contributed by atoms with E-state index in [2.05, 4.69) is 19.1 Å². The molecule has 0 unspecified atom stereocenters. The lowest BCUT2D eigenvalue weighted by Gasteiger charge is -2.03. The molecule has 0 aliphatic carbocycles. The summed E-state index contributed by atoms with van der Waals surface area (Å²) in [7, 11) is 0. The van der Waals surface area contributed by atoms with Gasteiger partial charge < -0.3 is 0 Å². The van der Waals surface area contributed by atoms with Gasteiger partial charge in [-0.15, -0.1) is 11.3 Å². The van der Waals surface area contributed by atoms with Crippen molar-refractivity contribution in [3.63, 3.8) is 0 Å². The Labute approximate surface area is 99.8 Å². The normalized spacial score (nSPS) is 10.4. The van der Waals surface area contributed by atoms with Crippen molar-refractivity contribution in [2.45, 2.75) is 20.8 Å². The van der Waals surface area contributed by atoms with Crippen molar-refractivity contribution in [3.05, 3.63) is 45.6 Å². The van der Waals surface area contributed by atoms with Gasteiger partial charge in [0.25, 0.3) is 0 Å². The number of hydrogen-bond donors (Lipinski definition) is 0. The molecule has 1 aromatic heterocycles. The molecule has 2 aromatic rings. The lowest BCUT2D eigenvalue weighted by molar-refractivity contribution is 0.101. The average Bonchev–Trinajstić information content (AvgIpc) is 2.55. The van der Waals surface area contributed by atoms with E-state index < -0.39 is 0 Å². The summed E-state index contributed by atoms with van der Waals surface area (Å²) in [4.78, 5) is 14.0. The van der Waals surface area contributed by atoms with Crippen LogP contribution in [-0.4, -0.2) is 5.78 Å². The predicted octanol–water partition coefficient (Wildman–Crippen LogP) is 4.23. The number of ketones is 1. The number of aryl methyl sites for hydroxylation is 2. The minimum atomic E-state index is 0.153. The quantitative estimate of drug-likeness (QED) is 0.705. The van der Waals surface area contributed by atoms with Crippen molar-refractivity contribution < 1.29 is 4.79 Å². The highest BCUT2D eigenvalue weighted by Crippen LogP contribution is 2.35. The summed E-state index contributed by atoms with van der Waals surface area (Å²) in [5.74, 6) is 0.153. The number of hydrogen-bond acceptors (Lipinski definition) is 2.